The van der Waals surface area contributed by atoms with Crippen molar-refractivity contribution < 1.29 is 14.3 Å². The molecule has 3 aromatic rings. The Morgan fingerprint density at radius 1 is 1.02 bits per heavy atom. The number of ether oxygens (including phenoxy) is 1. The number of nitrogens with one attached hydrogen (secondary N) is 2. The minimum absolute atomic E-state index is 0.0377. The topological polar surface area (TPSA) is 99.9 Å². The van der Waals surface area contributed by atoms with Crippen molar-refractivity contribution in [2.75, 3.05) is 48.3 Å². The van der Waals surface area contributed by atoms with Crippen LogP contribution in [0.3, 0.4) is 0 Å². The van der Waals surface area contributed by atoms with Crippen LogP contribution >= 0.6 is 0 Å². The van der Waals surface area contributed by atoms with E-state index in [9.17, 15) is 9.59 Å². The molecule has 0 aliphatic carbocycles. The SMILES string of the molecule is C[C@H]1CCN(C(=O)c2ccc(-c3ccc4c(c3)CCN4)c(OCCCN3CCC[C@H]3C(N)=O)c2)c2ccccc2N1. The van der Waals surface area contributed by atoms with Gasteiger partial charge >= 0.3 is 0 Å². The van der Waals surface area contributed by atoms with Crippen molar-refractivity contribution in [3.63, 3.8) is 0 Å². The molecule has 0 unspecified atom stereocenters. The van der Waals surface area contributed by atoms with Crippen molar-refractivity contribution in [3.05, 3.63) is 71.8 Å². The Bertz CT molecular complexity index is 1440. The van der Waals surface area contributed by atoms with Crippen molar-refractivity contribution in [1.82, 2.24) is 4.90 Å². The lowest BCUT2D eigenvalue weighted by atomic mass is 9.99. The van der Waals surface area contributed by atoms with Crippen molar-refractivity contribution in [1.29, 1.82) is 0 Å². The van der Waals surface area contributed by atoms with E-state index in [4.69, 9.17) is 10.5 Å². The summed E-state index contributed by atoms with van der Waals surface area (Å²) in [5.74, 6) is 0.413. The number of fused-ring (bicyclic) bond motifs is 2. The Labute approximate surface area is 241 Å². The summed E-state index contributed by atoms with van der Waals surface area (Å²) in [4.78, 5) is 29.8. The van der Waals surface area contributed by atoms with Crippen molar-refractivity contribution in [3.8, 4) is 16.9 Å². The second-order valence-corrected chi connectivity index (χ2v) is 11.4. The first kappa shape index (κ1) is 27.1. The average Bonchev–Trinajstić information content (AvgIpc) is 3.62. The number of para-hydroxylation sites is 2. The third-order valence-corrected chi connectivity index (χ3v) is 8.52. The highest BCUT2D eigenvalue weighted by atomic mass is 16.5. The summed E-state index contributed by atoms with van der Waals surface area (Å²) in [6, 6.07) is 20.4. The standard InChI is InChI=1S/C33H39N5O3/c1-22-14-18-38(29-7-3-2-6-28(29)36-22)33(40)25-9-11-26(23-10-12-27-24(20-23)13-15-35-27)31(21-25)41-19-5-17-37-16-4-8-30(37)32(34)39/h2-3,6-7,9-12,20-22,30,35-36H,4-5,8,13-19H2,1H3,(H2,34,39)/t22-,30-/m0/s1. The molecular formula is C33H39N5O3. The van der Waals surface area contributed by atoms with Gasteiger partial charge in [0.15, 0.2) is 0 Å². The van der Waals surface area contributed by atoms with Gasteiger partial charge in [0.25, 0.3) is 5.91 Å². The van der Waals surface area contributed by atoms with Crippen LogP contribution < -0.4 is 26.0 Å². The molecule has 3 aromatic carbocycles. The second-order valence-electron chi connectivity index (χ2n) is 11.4. The molecule has 4 N–H and O–H groups in total. The van der Waals surface area contributed by atoms with Crippen LogP contribution in [0.5, 0.6) is 5.75 Å². The summed E-state index contributed by atoms with van der Waals surface area (Å²) >= 11 is 0. The average molecular weight is 554 g/mol. The zero-order valence-electron chi connectivity index (χ0n) is 23.7. The van der Waals surface area contributed by atoms with Gasteiger partial charge in [0.2, 0.25) is 5.91 Å². The lowest BCUT2D eigenvalue weighted by molar-refractivity contribution is -0.122. The smallest absolute Gasteiger partial charge is 0.258 e. The fraction of sp³-hybridized carbons (Fsp3) is 0.394. The normalized spacial score (nSPS) is 20.0. The summed E-state index contributed by atoms with van der Waals surface area (Å²) in [6.45, 7) is 5.84. The van der Waals surface area contributed by atoms with Crippen LogP contribution in [0.15, 0.2) is 60.7 Å². The number of carbonyl (C=O) groups is 2. The lowest BCUT2D eigenvalue weighted by Gasteiger charge is -2.23. The molecule has 3 aliphatic rings. The van der Waals surface area contributed by atoms with E-state index in [0.29, 0.717) is 24.5 Å². The number of benzene rings is 3. The minimum atomic E-state index is -0.248. The van der Waals surface area contributed by atoms with E-state index in [1.807, 2.05) is 47.4 Å². The molecule has 2 amide bonds. The monoisotopic (exact) mass is 553 g/mol. The van der Waals surface area contributed by atoms with Gasteiger partial charge in [-0.15, -0.1) is 0 Å². The molecular weight excluding hydrogens is 514 g/mol. The van der Waals surface area contributed by atoms with Crippen LogP contribution in [0.4, 0.5) is 17.1 Å². The van der Waals surface area contributed by atoms with Gasteiger partial charge in [-0.1, -0.05) is 18.2 Å². The highest BCUT2D eigenvalue weighted by Gasteiger charge is 2.29. The summed E-state index contributed by atoms with van der Waals surface area (Å²) in [7, 11) is 0. The van der Waals surface area contributed by atoms with Gasteiger partial charge in [0.05, 0.1) is 24.0 Å². The molecule has 3 heterocycles. The molecule has 8 nitrogen and oxygen atoms in total. The zero-order chi connectivity index (χ0) is 28.3. The summed E-state index contributed by atoms with van der Waals surface area (Å²) in [5, 5.41) is 6.96. The van der Waals surface area contributed by atoms with Crippen LogP contribution in [0.1, 0.15) is 48.5 Å². The molecule has 3 aliphatic heterocycles. The number of carbonyl (C=O) groups excluding carboxylic acids is 2. The summed E-state index contributed by atoms with van der Waals surface area (Å²) < 4.78 is 6.41. The first-order chi connectivity index (χ1) is 20.0. The molecule has 0 radical (unpaired) electrons. The highest BCUT2D eigenvalue weighted by Crippen LogP contribution is 2.36. The van der Waals surface area contributed by atoms with Crippen molar-refractivity contribution in [2.45, 2.75) is 51.1 Å². The molecule has 0 aromatic heterocycles. The first-order valence-electron chi connectivity index (χ1n) is 14.8. The largest absolute Gasteiger partial charge is 0.493 e. The number of hydrogen-bond donors (Lipinski definition) is 3. The first-order valence-corrected chi connectivity index (χ1v) is 14.8. The van der Waals surface area contributed by atoms with Gasteiger partial charge < -0.3 is 26.0 Å². The minimum Gasteiger partial charge on any atom is -0.493 e. The molecule has 1 fully saturated rings. The molecule has 41 heavy (non-hydrogen) atoms. The number of nitrogens with two attached hydrogens (primary N) is 1. The Hall–Kier alpha value is -4.04. The quantitative estimate of drug-likeness (QED) is 0.344. The van der Waals surface area contributed by atoms with Crippen molar-refractivity contribution >= 4 is 28.9 Å². The van der Waals surface area contributed by atoms with E-state index >= 15 is 0 Å². The lowest BCUT2D eigenvalue weighted by Crippen LogP contribution is -2.40. The van der Waals surface area contributed by atoms with E-state index in [0.717, 1.165) is 74.2 Å². The van der Waals surface area contributed by atoms with Gasteiger partial charge in [-0.2, -0.15) is 0 Å². The van der Waals surface area contributed by atoms with Gasteiger partial charge in [0.1, 0.15) is 5.75 Å². The third kappa shape index (κ3) is 5.75. The fourth-order valence-electron chi connectivity index (χ4n) is 6.33. The molecule has 0 bridgehead atoms. The number of anilines is 3. The van der Waals surface area contributed by atoms with Gasteiger partial charge in [-0.05, 0) is 99.2 Å². The summed E-state index contributed by atoms with van der Waals surface area (Å²) in [6.07, 6.45) is 4.43. The highest BCUT2D eigenvalue weighted by molar-refractivity contribution is 6.08. The second kappa shape index (κ2) is 11.8. The maximum atomic E-state index is 14.0. The van der Waals surface area contributed by atoms with Crippen LogP contribution in [-0.4, -0.2) is 61.6 Å². The van der Waals surface area contributed by atoms with Crippen LogP contribution in [-0.2, 0) is 11.2 Å². The Balaban J connectivity index is 1.26. The van der Waals surface area contributed by atoms with Gasteiger partial charge in [0, 0.05) is 42.5 Å². The zero-order valence-corrected chi connectivity index (χ0v) is 23.7. The van der Waals surface area contributed by atoms with Gasteiger partial charge in [-0.25, -0.2) is 0 Å². The summed E-state index contributed by atoms with van der Waals surface area (Å²) in [5.41, 5.74) is 12.6. The van der Waals surface area contributed by atoms with E-state index in [2.05, 4.69) is 40.7 Å². The Morgan fingerprint density at radius 2 is 1.90 bits per heavy atom. The Kier molecular flexibility index (Phi) is 7.83. The number of likely N-dealkylation sites (tertiary alicyclic amines) is 1. The van der Waals surface area contributed by atoms with E-state index < -0.39 is 0 Å². The van der Waals surface area contributed by atoms with Gasteiger partial charge in [-0.3, -0.25) is 14.5 Å². The predicted molar refractivity (Wildman–Crippen MR) is 164 cm³/mol. The number of hydrogen-bond acceptors (Lipinski definition) is 6. The van der Waals surface area contributed by atoms with E-state index in [1.54, 1.807) is 0 Å². The van der Waals surface area contributed by atoms with Crippen molar-refractivity contribution in [2.24, 2.45) is 5.73 Å². The molecule has 0 saturated carbocycles. The van der Waals surface area contributed by atoms with E-state index in [1.165, 1.54) is 11.3 Å². The molecule has 0 spiro atoms. The molecule has 1 saturated heterocycles. The van der Waals surface area contributed by atoms with E-state index in [-0.39, 0.29) is 23.9 Å². The number of nitrogens with zero attached hydrogens (tertiary/aromatic N) is 2. The fourth-order valence-corrected chi connectivity index (χ4v) is 6.33. The third-order valence-electron chi connectivity index (χ3n) is 8.52. The Morgan fingerprint density at radius 3 is 2.78 bits per heavy atom. The van der Waals surface area contributed by atoms with Crippen LogP contribution in [0.2, 0.25) is 0 Å². The maximum absolute atomic E-state index is 14.0. The number of amides is 2. The number of primary amides is 1. The molecule has 6 rings (SSSR count). The van der Waals surface area contributed by atoms with Crippen LogP contribution in [0.25, 0.3) is 11.1 Å². The maximum Gasteiger partial charge on any atom is 0.258 e. The molecule has 214 valence electrons. The van der Waals surface area contributed by atoms with Crippen LogP contribution in [0, 0.1) is 0 Å². The molecule has 8 heteroatoms. The number of rotatable bonds is 8. The predicted octanol–water partition coefficient (Wildman–Crippen LogP) is 4.89. The molecule has 2 atom stereocenters.